The molecular formula is C6H10NaO5P. The Morgan fingerprint density at radius 3 is 1.85 bits per heavy atom. The molecule has 0 rings (SSSR count). The summed E-state index contributed by atoms with van der Waals surface area (Å²) in [7, 11) is -1.43. The molecule has 7 heteroatoms. The van der Waals surface area contributed by atoms with Gasteiger partial charge in [0.2, 0.25) is 0 Å². The van der Waals surface area contributed by atoms with Crippen molar-refractivity contribution in [3.63, 3.8) is 0 Å². The second-order valence-electron chi connectivity index (χ2n) is 1.92. The minimum absolute atomic E-state index is 0. The largest absolute Gasteiger partial charge is 1.00 e. The van der Waals surface area contributed by atoms with Crippen LogP contribution < -0.4 is 34.7 Å². The van der Waals surface area contributed by atoms with Gasteiger partial charge in [-0.2, -0.15) is 0 Å². The molecule has 0 saturated carbocycles. The fourth-order valence-electron chi connectivity index (χ4n) is 0.612. The molecule has 0 aliphatic rings. The molecule has 0 amide bonds. The van der Waals surface area contributed by atoms with E-state index in [9.17, 15) is 14.5 Å². The molecule has 0 aromatic rings. The zero-order chi connectivity index (χ0) is 9.78. The van der Waals surface area contributed by atoms with Gasteiger partial charge in [-0.25, -0.2) is 0 Å². The number of allylic oxidation sites excluding steroid dienone is 1. The van der Waals surface area contributed by atoms with Crippen molar-refractivity contribution >= 4 is 13.4 Å². The molecule has 0 spiro atoms. The number of Topliss-reactive ketones (excluding diaryl/α,β-unsaturated/α-hetero) is 1. The van der Waals surface area contributed by atoms with E-state index >= 15 is 0 Å². The molecular weight excluding hydrogens is 206 g/mol. The smallest absolute Gasteiger partial charge is 0.877 e. The molecule has 0 aliphatic heterocycles. The van der Waals surface area contributed by atoms with Crippen LogP contribution in [0.4, 0.5) is 0 Å². The van der Waals surface area contributed by atoms with Crippen LogP contribution in [0.2, 0.25) is 0 Å². The Balaban J connectivity index is 0. The van der Waals surface area contributed by atoms with Gasteiger partial charge in [0.15, 0.2) is 5.78 Å². The molecule has 0 atom stereocenters. The molecule has 0 radical (unpaired) electrons. The van der Waals surface area contributed by atoms with Crippen molar-refractivity contribution in [2.24, 2.45) is 0 Å². The SMILES string of the molecule is COP(=O)(OC)/C(=C/[O-])C(C)=O.[Na+]. The van der Waals surface area contributed by atoms with E-state index in [1.807, 2.05) is 0 Å². The van der Waals surface area contributed by atoms with Crippen molar-refractivity contribution in [1.29, 1.82) is 0 Å². The van der Waals surface area contributed by atoms with Gasteiger partial charge >= 0.3 is 37.2 Å². The summed E-state index contributed by atoms with van der Waals surface area (Å²) >= 11 is 0. The van der Waals surface area contributed by atoms with Gasteiger partial charge in [-0.1, -0.05) is 0 Å². The second kappa shape index (κ2) is 6.76. The van der Waals surface area contributed by atoms with E-state index in [1.54, 1.807) is 0 Å². The minimum atomic E-state index is -3.65. The summed E-state index contributed by atoms with van der Waals surface area (Å²) in [6.07, 6.45) is 0.191. The Kier molecular flexibility index (Phi) is 8.23. The predicted molar refractivity (Wildman–Crippen MR) is 40.4 cm³/mol. The van der Waals surface area contributed by atoms with Crippen LogP contribution in [0.3, 0.4) is 0 Å². The molecule has 0 heterocycles. The van der Waals surface area contributed by atoms with Crippen LogP contribution in [0.5, 0.6) is 0 Å². The van der Waals surface area contributed by atoms with E-state index in [-0.39, 0.29) is 35.8 Å². The molecule has 0 saturated heterocycles. The zero-order valence-electron chi connectivity index (χ0n) is 8.07. The first-order valence-electron chi connectivity index (χ1n) is 3.07. The Morgan fingerprint density at radius 1 is 1.38 bits per heavy atom. The van der Waals surface area contributed by atoms with Crippen LogP contribution >= 0.6 is 7.60 Å². The number of hydrogen-bond acceptors (Lipinski definition) is 5. The first-order valence-corrected chi connectivity index (χ1v) is 4.61. The minimum Gasteiger partial charge on any atom is -0.877 e. The van der Waals surface area contributed by atoms with E-state index in [1.165, 1.54) is 0 Å². The van der Waals surface area contributed by atoms with Crippen LogP contribution in [0.15, 0.2) is 11.6 Å². The van der Waals surface area contributed by atoms with Crippen LogP contribution in [0, 0.1) is 0 Å². The molecule has 0 aliphatic carbocycles. The van der Waals surface area contributed by atoms with E-state index in [4.69, 9.17) is 0 Å². The Hall–Kier alpha value is 0.360. The maximum atomic E-state index is 11.4. The van der Waals surface area contributed by atoms with Gasteiger partial charge in [0.25, 0.3) is 0 Å². The summed E-state index contributed by atoms with van der Waals surface area (Å²) in [6, 6.07) is 0. The van der Waals surface area contributed by atoms with Gasteiger partial charge in [-0.3, -0.25) is 9.36 Å². The maximum Gasteiger partial charge on any atom is 1.00 e. The van der Waals surface area contributed by atoms with Gasteiger partial charge in [-0.15, -0.1) is 6.26 Å². The predicted octanol–water partition coefficient (Wildman–Crippen LogP) is -2.73. The van der Waals surface area contributed by atoms with Crippen LogP contribution in [-0.2, 0) is 18.4 Å². The fraction of sp³-hybridized carbons (Fsp3) is 0.500. The summed E-state index contributed by atoms with van der Waals surface area (Å²) in [6.45, 7) is 1.12. The summed E-state index contributed by atoms with van der Waals surface area (Å²) in [4.78, 5) is 10.7. The van der Waals surface area contributed by atoms with Crippen LogP contribution in [0.25, 0.3) is 0 Å². The number of carbonyl (C=O) groups excluding carboxylic acids is 1. The Labute approximate surface area is 98.9 Å². The third-order valence-corrected chi connectivity index (χ3v) is 3.22. The van der Waals surface area contributed by atoms with E-state index in [0.29, 0.717) is 0 Å². The zero-order valence-corrected chi connectivity index (χ0v) is 11.0. The molecule has 0 N–H and O–H groups in total. The molecule has 0 aromatic heterocycles. The molecule has 0 bridgehead atoms. The average molecular weight is 216 g/mol. The van der Waals surface area contributed by atoms with Crippen molar-refractivity contribution in [3.05, 3.63) is 11.6 Å². The van der Waals surface area contributed by atoms with Gasteiger partial charge < -0.3 is 14.2 Å². The fourth-order valence-corrected chi connectivity index (χ4v) is 1.67. The number of rotatable bonds is 4. The van der Waals surface area contributed by atoms with Gasteiger partial charge in [0.1, 0.15) is 0 Å². The van der Waals surface area contributed by atoms with Crippen molar-refractivity contribution in [3.8, 4) is 0 Å². The average Bonchev–Trinajstić information content (AvgIpc) is 2.04. The molecule has 5 nitrogen and oxygen atoms in total. The topological polar surface area (TPSA) is 75.7 Å². The summed E-state index contributed by atoms with van der Waals surface area (Å²) in [5.74, 6) is -0.614. The second-order valence-corrected chi connectivity index (χ2v) is 4.13. The van der Waals surface area contributed by atoms with Crippen LogP contribution in [-0.4, -0.2) is 20.0 Å². The number of carbonyl (C=O) groups is 1. The van der Waals surface area contributed by atoms with Crippen molar-refractivity contribution in [1.82, 2.24) is 0 Å². The van der Waals surface area contributed by atoms with Crippen molar-refractivity contribution < 1.29 is 53.1 Å². The van der Waals surface area contributed by atoms with Crippen LogP contribution in [0.1, 0.15) is 6.92 Å². The van der Waals surface area contributed by atoms with E-state index in [2.05, 4.69) is 9.05 Å². The summed E-state index contributed by atoms with van der Waals surface area (Å²) in [5, 5.41) is 9.86. The number of hydrogen-bond donors (Lipinski definition) is 0. The van der Waals surface area contributed by atoms with E-state index in [0.717, 1.165) is 21.1 Å². The van der Waals surface area contributed by atoms with Gasteiger partial charge in [0, 0.05) is 14.2 Å². The molecule has 0 aromatic carbocycles. The Morgan fingerprint density at radius 2 is 1.77 bits per heavy atom. The van der Waals surface area contributed by atoms with Gasteiger partial charge in [0.05, 0.1) is 5.31 Å². The Bertz CT molecular complexity index is 241. The molecule has 70 valence electrons. The number of ketones is 1. The van der Waals surface area contributed by atoms with Crippen molar-refractivity contribution in [2.75, 3.05) is 14.2 Å². The summed E-state index contributed by atoms with van der Waals surface area (Å²) < 4.78 is 20.3. The first kappa shape index (κ1) is 15.8. The molecule has 13 heavy (non-hydrogen) atoms. The van der Waals surface area contributed by atoms with Crippen molar-refractivity contribution in [2.45, 2.75) is 6.92 Å². The quantitative estimate of drug-likeness (QED) is 0.221. The maximum absolute atomic E-state index is 11.4. The monoisotopic (exact) mass is 216 g/mol. The summed E-state index contributed by atoms with van der Waals surface area (Å²) in [5.41, 5.74) is 0. The normalized spacial score (nSPS) is 12.1. The third kappa shape index (κ3) is 3.94. The van der Waals surface area contributed by atoms with E-state index < -0.39 is 18.7 Å². The first-order chi connectivity index (χ1) is 5.51. The molecule has 0 unspecified atom stereocenters. The van der Waals surface area contributed by atoms with Gasteiger partial charge in [-0.05, 0) is 6.92 Å². The third-order valence-electron chi connectivity index (χ3n) is 1.25. The molecule has 0 fully saturated rings. The standard InChI is InChI=1S/C6H11O5P.Na/c1-5(8)6(4-7)12(9,10-2)11-3;/h4,7H,1-3H3;/q;+1/p-1/b6-4+;.